The van der Waals surface area contributed by atoms with E-state index in [1.165, 1.54) is 0 Å². The molecule has 16 heavy (non-hydrogen) atoms. The first-order valence-electron chi connectivity index (χ1n) is 5.68. The monoisotopic (exact) mass is 227 g/mol. The Morgan fingerprint density at radius 1 is 1.31 bits per heavy atom. The largest absolute Gasteiger partial charge is 0.481 e. The molecule has 0 aromatic heterocycles. The highest BCUT2D eigenvalue weighted by Crippen LogP contribution is 2.58. The average Bonchev–Trinajstić information content (AvgIpc) is 2.68. The van der Waals surface area contributed by atoms with E-state index in [0.29, 0.717) is 0 Å². The van der Waals surface area contributed by atoms with Gasteiger partial charge in [0.05, 0.1) is 11.8 Å². The van der Waals surface area contributed by atoms with Gasteiger partial charge in [0.15, 0.2) is 0 Å². The summed E-state index contributed by atoms with van der Waals surface area (Å²) in [5, 5.41) is 11.9. The summed E-state index contributed by atoms with van der Waals surface area (Å²) in [7, 11) is 0. The van der Waals surface area contributed by atoms with E-state index >= 15 is 0 Å². The lowest BCUT2D eigenvalue weighted by atomic mass is 10.0. The summed E-state index contributed by atoms with van der Waals surface area (Å²) in [4.78, 5) is 22.9. The highest BCUT2D eigenvalue weighted by Gasteiger charge is 2.66. The molecule has 0 aromatic rings. The van der Waals surface area contributed by atoms with Crippen molar-refractivity contribution in [2.45, 2.75) is 46.6 Å². The van der Waals surface area contributed by atoms with Gasteiger partial charge in [-0.3, -0.25) is 9.59 Å². The van der Waals surface area contributed by atoms with Gasteiger partial charge in [-0.1, -0.05) is 20.8 Å². The molecular weight excluding hydrogens is 206 g/mol. The standard InChI is InChI=1S/C12H21NO3/c1-6-11(2,3)13-9(14)7-8(10(15)16)12(7,4)5/h7-8H,6H2,1-5H3,(H,13,14)(H,15,16)/t7-,8+/m1/s1. The maximum absolute atomic E-state index is 11.9. The number of carboxylic acid groups (broad SMARTS) is 1. The maximum atomic E-state index is 11.9. The van der Waals surface area contributed by atoms with Crippen molar-refractivity contribution in [2.24, 2.45) is 17.3 Å². The molecule has 92 valence electrons. The molecule has 1 saturated carbocycles. The Kier molecular flexibility index (Phi) is 3.05. The van der Waals surface area contributed by atoms with Crippen LogP contribution in [-0.2, 0) is 9.59 Å². The molecule has 1 rings (SSSR count). The molecular formula is C12H21NO3. The van der Waals surface area contributed by atoms with Gasteiger partial charge in [0, 0.05) is 5.54 Å². The Balaban J connectivity index is 2.68. The highest BCUT2D eigenvalue weighted by molar-refractivity contribution is 5.91. The Hall–Kier alpha value is -1.06. The van der Waals surface area contributed by atoms with Gasteiger partial charge < -0.3 is 10.4 Å². The first kappa shape index (κ1) is 13.0. The van der Waals surface area contributed by atoms with Crippen molar-refractivity contribution >= 4 is 11.9 Å². The third-order valence-electron chi connectivity index (χ3n) is 3.72. The summed E-state index contributed by atoms with van der Waals surface area (Å²) in [5.74, 6) is -1.94. The number of hydrogen-bond acceptors (Lipinski definition) is 2. The minimum atomic E-state index is -0.876. The van der Waals surface area contributed by atoms with Gasteiger partial charge in [-0.2, -0.15) is 0 Å². The fourth-order valence-corrected chi connectivity index (χ4v) is 2.09. The van der Waals surface area contributed by atoms with Crippen LogP contribution in [0.3, 0.4) is 0 Å². The minimum Gasteiger partial charge on any atom is -0.481 e. The van der Waals surface area contributed by atoms with Crippen LogP contribution in [0.2, 0.25) is 0 Å². The Labute approximate surface area is 96.4 Å². The van der Waals surface area contributed by atoms with Crippen molar-refractivity contribution < 1.29 is 14.7 Å². The average molecular weight is 227 g/mol. The lowest BCUT2D eigenvalue weighted by Crippen LogP contribution is -2.44. The number of hydrogen-bond donors (Lipinski definition) is 2. The second kappa shape index (κ2) is 3.75. The van der Waals surface area contributed by atoms with Crippen LogP contribution in [0.25, 0.3) is 0 Å². The van der Waals surface area contributed by atoms with Crippen LogP contribution in [0.1, 0.15) is 41.0 Å². The number of amides is 1. The lowest BCUT2D eigenvalue weighted by Gasteiger charge is -2.24. The number of nitrogens with one attached hydrogen (secondary N) is 1. The summed E-state index contributed by atoms with van der Waals surface area (Å²) in [6.45, 7) is 9.53. The molecule has 1 fully saturated rings. The number of carbonyl (C=O) groups excluding carboxylic acids is 1. The van der Waals surface area contributed by atoms with Gasteiger partial charge in [-0.05, 0) is 25.7 Å². The quantitative estimate of drug-likeness (QED) is 0.767. The second-order valence-corrected chi connectivity index (χ2v) is 5.84. The molecule has 1 aliphatic rings. The summed E-state index contributed by atoms with van der Waals surface area (Å²) in [5.41, 5.74) is -0.682. The summed E-state index contributed by atoms with van der Waals surface area (Å²) in [6.07, 6.45) is 0.823. The first-order valence-corrected chi connectivity index (χ1v) is 5.68. The minimum absolute atomic E-state index is 0.135. The molecule has 0 aliphatic heterocycles. The fourth-order valence-electron chi connectivity index (χ4n) is 2.09. The Morgan fingerprint density at radius 2 is 1.81 bits per heavy atom. The van der Waals surface area contributed by atoms with Crippen molar-refractivity contribution in [1.82, 2.24) is 5.32 Å². The van der Waals surface area contributed by atoms with Crippen LogP contribution in [0, 0.1) is 17.3 Å². The number of aliphatic carboxylic acids is 1. The van der Waals surface area contributed by atoms with Crippen molar-refractivity contribution in [1.29, 1.82) is 0 Å². The number of rotatable bonds is 4. The van der Waals surface area contributed by atoms with Crippen molar-refractivity contribution in [2.75, 3.05) is 0 Å². The van der Waals surface area contributed by atoms with Crippen LogP contribution < -0.4 is 5.32 Å². The number of carbonyl (C=O) groups is 2. The SMILES string of the molecule is CCC(C)(C)NC(=O)[C@H]1[C@@H](C(=O)O)C1(C)C. The lowest BCUT2D eigenvalue weighted by molar-refractivity contribution is -0.140. The van der Waals surface area contributed by atoms with E-state index in [0.717, 1.165) is 6.42 Å². The van der Waals surface area contributed by atoms with E-state index in [1.807, 2.05) is 34.6 Å². The van der Waals surface area contributed by atoms with Gasteiger partial charge in [-0.25, -0.2) is 0 Å². The predicted octanol–water partition coefficient (Wildman–Crippen LogP) is 1.65. The number of carboxylic acids is 1. The van der Waals surface area contributed by atoms with Crippen LogP contribution in [0.5, 0.6) is 0 Å². The maximum Gasteiger partial charge on any atom is 0.307 e. The van der Waals surface area contributed by atoms with Crippen LogP contribution in [-0.4, -0.2) is 22.5 Å². The van der Waals surface area contributed by atoms with E-state index < -0.39 is 23.2 Å². The summed E-state index contributed by atoms with van der Waals surface area (Å²) >= 11 is 0. The van der Waals surface area contributed by atoms with Crippen molar-refractivity contribution in [3.8, 4) is 0 Å². The second-order valence-electron chi connectivity index (χ2n) is 5.84. The zero-order valence-corrected chi connectivity index (χ0v) is 10.6. The molecule has 0 radical (unpaired) electrons. The van der Waals surface area contributed by atoms with Crippen LogP contribution in [0.4, 0.5) is 0 Å². The molecule has 0 bridgehead atoms. The summed E-state index contributed by atoms with van der Waals surface area (Å²) < 4.78 is 0. The summed E-state index contributed by atoms with van der Waals surface area (Å²) in [6, 6.07) is 0. The third kappa shape index (κ3) is 2.20. The van der Waals surface area contributed by atoms with Crippen LogP contribution >= 0.6 is 0 Å². The molecule has 0 unspecified atom stereocenters. The molecule has 0 heterocycles. The smallest absolute Gasteiger partial charge is 0.307 e. The normalized spacial score (nSPS) is 27.3. The molecule has 4 heteroatoms. The van der Waals surface area contributed by atoms with E-state index in [9.17, 15) is 9.59 Å². The van der Waals surface area contributed by atoms with Gasteiger partial charge in [-0.15, -0.1) is 0 Å². The molecule has 2 atom stereocenters. The Bertz CT molecular complexity index is 320. The molecule has 2 N–H and O–H groups in total. The molecule has 0 saturated heterocycles. The molecule has 1 amide bonds. The molecule has 0 aromatic carbocycles. The van der Waals surface area contributed by atoms with Crippen molar-refractivity contribution in [3.63, 3.8) is 0 Å². The Morgan fingerprint density at radius 3 is 2.12 bits per heavy atom. The van der Waals surface area contributed by atoms with Crippen molar-refractivity contribution in [3.05, 3.63) is 0 Å². The highest BCUT2D eigenvalue weighted by atomic mass is 16.4. The molecule has 1 aliphatic carbocycles. The van der Waals surface area contributed by atoms with Gasteiger partial charge in [0.2, 0.25) is 5.91 Å². The van der Waals surface area contributed by atoms with E-state index in [1.54, 1.807) is 0 Å². The third-order valence-corrected chi connectivity index (χ3v) is 3.72. The van der Waals surface area contributed by atoms with Gasteiger partial charge >= 0.3 is 5.97 Å². The van der Waals surface area contributed by atoms with E-state index in [2.05, 4.69) is 5.32 Å². The first-order chi connectivity index (χ1) is 7.13. The van der Waals surface area contributed by atoms with E-state index in [-0.39, 0.29) is 11.4 Å². The molecule has 4 nitrogen and oxygen atoms in total. The van der Waals surface area contributed by atoms with Gasteiger partial charge in [0.1, 0.15) is 0 Å². The molecule has 0 spiro atoms. The van der Waals surface area contributed by atoms with Gasteiger partial charge in [0.25, 0.3) is 0 Å². The zero-order valence-electron chi connectivity index (χ0n) is 10.6. The zero-order chi connectivity index (χ0) is 12.7. The topological polar surface area (TPSA) is 66.4 Å². The fraction of sp³-hybridized carbons (Fsp3) is 0.833. The van der Waals surface area contributed by atoms with E-state index in [4.69, 9.17) is 5.11 Å². The van der Waals surface area contributed by atoms with Crippen LogP contribution in [0.15, 0.2) is 0 Å². The predicted molar refractivity (Wildman–Crippen MR) is 60.9 cm³/mol.